The van der Waals surface area contributed by atoms with Crippen molar-refractivity contribution in [1.82, 2.24) is 5.32 Å². The number of nitrogens with one attached hydrogen (secondary N) is 1. The Kier molecular flexibility index (Phi) is 5.44. The van der Waals surface area contributed by atoms with Crippen LogP contribution >= 0.6 is 15.9 Å². The Morgan fingerprint density at radius 3 is 2.88 bits per heavy atom. The first-order chi connectivity index (χ1) is 7.67. The highest BCUT2D eigenvalue weighted by Gasteiger charge is 2.05. The van der Waals surface area contributed by atoms with Crippen LogP contribution < -0.4 is 5.32 Å². The van der Waals surface area contributed by atoms with Gasteiger partial charge in [-0.2, -0.15) is 5.26 Å². The molecule has 0 heterocycles. The first-order valence-electron chi connectivity index (χ1n) is 5.21. The lowest BCUT2D eigenvalue weighted by molar-refractivity contribution is 0.503. The van der Waals surface area contributed by atoms with Crippen molar-refractivity contribution in [1.29, 1.82) is 5.26 Å². The van der Waals surface area contributed by atoms with Crippen LogP contribution in [-0.2, 0) is 6.54 Å². The van der Waals surface area contributed by atoms with E-state index in [9.17, 15) is 4.39 Å². The molecule has 1 rings (SSSR count). The third-order valence-electron chi connectivity index (χ3n) is 2.41. The Morgan fingerprint density at radius 1 is 1.56 bits per heavy atom. The van der Waals surface area contributed by atoms with Crippen molar-refractivity contribution >= 4 is 15.9 Å². The molecule has 0 aliphatic carbocycles. The largest absolute Gasteiger partial charge is 0.309 e. The van der Waals surface area contributed by atoms with E-state index in [0.29, 0.717) is 17.4 Å². The SMILES string of the molecule is CCC(CC#N)NCc1ccc(Br)c(F)c1. The maximum Gasteiger partial charge on any atom is 0.137 e. The zero-order chi connectivity index (χ0) is 12.0. The van der Waals surface area contributed by atoms with E-state index in [0.717, 1.165) is 12.0 Å². The average Bonchev–Trinajstić information content (AvgIpc) is 2.28. The fourth-order valence-corrected chi connectivity index (χ4v) is 1.63. The molecule has 1 aromatic rings. The van der Waals surface area contributed by atoms with E-state index in [4.69, 9.17) is 5.26 Å². The molecule has 4 heteroatoms. The molecule has 2 nitrogen and oxygen atoms in total. The first-order valence-corrected chi connectivity index (χ1v) is 6.01. The molecule has 1 atom stereocenters. The predicted octanol–water partition coefficient (Wildman–Crippen LogP) is 3.37. The molecule has 0 bridgehead atoms. The molecule has 0 aliphatic rings. The summed E-state index contributed by atoms with van der Waals surface area (Å²) in [7, 11) is 0. The Bertz CT molecular complexity index is 387. The zero-order valence-corrected chi connectivity index (χ0v) is 10.7. The van der Waals surface area contributed by atoms with Gasteiger partial charge in [0.15, 0.2) is 0 Å². The Labute approximate surface area is 104 Å². The van der Waals surface area contributed by atoms with Crippen molar-refractivity contribution in [2.75, 3.05) is 0 Å². The summed E-state index contributed by atoms with van der Waals surface area (Å²) < 4.78 is 13.7. The quantitative estimate of drug-likeness (QED) is 0.900. The van der Waals surface area contributed by atoms with Crippen molar-refractivity contribution in [3.05, 3.63) is 34.1 Å². The molecule has 0 saturated carbocycles. The van der Waals surface area contributed by atoms with Gasteiger partial charge in [0.25, 0.3) is 0 Å². The van der Waals surface area contributed by atoms with Crippen molar-refractivity contribution in [3.63, 3.8) is 0 Å². The lowest BCUT2D eigenvalue weighted by atomic mass is 10.1. The fraction of sp³-hybridized carbons (Fsp3) is 0.417. The van der Waals surface area contributed by atoms with Crippen molar-refractivity contribution in [2.24, 2.45) is 0 Å². The summed E-state index contributed by atoms with van der Waals surface area (Å²) in [4.78, 5) is 0. The molecule has 0 aliphatic heterocycles. The molecule has 0 amide bonds. The van der Waals surface area contributed by atoms with Crippen molar-refractivity contribution in [3.8, 4) is 6.07 Å². The monoisotopic (exact) mass is 284 g/mol. The number of hydrogen-bond donors (Lipinski definition) is 1. The number of hydrogen-bond acceptors (Lipinski definition) is 2. The third kappa shape index (κ3) is 3.92. The Morgan fingerprint density at radius 2 is 2.31 bits per heavy atom. The van der Waals surface area contributed by atoms with Gasteiger partial charge in [0.1, 0.15) is 5.82 Å². The van der Waals surface area contributed by atoms with Gasteiger partial charge in [-0.15, -0.1) is 0 Å². The average molecular weight is 285 g/mol. The summed E-state index contributed by atoms with van der Waals surface area (Å²) in [5.41, 5.74) is 0.886. The molecule has 1 N–H and O–H groups in total. The van der Waals surface area contributed by atoms with Gasteiger partial charge in [-0.05, 0) is 40.0 Å². The predicted molar refractivity (Wildman–Crippen MR) is 65.2 cm³/mol. The lowest BCUT2D eigenvalue weighted by Gasteiger charge is -2.13. The summed E-state index contributed by atoms with van der Waals surface area (Å²) in [6.07, 6.45) is 1.38. The van der Waals surface area contributed by atoms with E-state index < -0.39 is 0 Å². The molecule has 86 valence electrons. The van der Waals surface area contributed by atoms with Gasteiger partial charge in [0.05, 0.1) is 17.0 Å². The number of nitrogens with zero attached hydrogens (tertiary/aromatic N) is 1. The molecule has 16 heavy (non-hydrogen) atoms. The first kappa shape index (κ1) is 13.1. The summed E-state index contributed by atoms with van der Waals surface area (Å²) in [6.45, 7) is 2.61. The second-order valence-electron chi connectivity index (χ2n) is 3.60. The standard InChI is InChI=1S/C12H14BrFN2/c1-2-10(5-6-15)16-8-9-3-4-11(13)12(14)7-9/h3-4,7,10,16H,2,5,8H2,1H3. The van der Waals surface area contributed by atoms with Gasteiger partial charge in [-0.25, -0.2) is 4.39 Å². The van der Waals surface area contributed by atoms with Crippen LogP contribution in [0.4, 0.5) is 4.39 Å². The molecule has 0 spiro atoms. The van der Waals surface area contributed by atoms with E-state index in [2.05, 4.69) is 27.3 Å². The smallest absolute Gasteiger partial charge is 0.137 e. The van der Waals surface area contributed by atoms with Crippen LogP contribution in [-0.4, -0.2) is 6.04 Å². The summed E-state index contributed by atoms with van der Waals surface area (Å²) in [6, 6.07) is 7.36. The van der Waals surface area contributed by atoms with E-state index in [-0.39, 0.29) is 11.9 Å². The molecular formula is C12H14BrFN2. The highest BCUT2D eigenvalue weighted by molar-refractivity contribution is 9.10. The van der Waals surface area contributed by atoms with Gasteiger partial charge < -0.3 is 5.32 Å². The van der Waals surface area contributed by atoms with E-state index in [1.807, 2.05) is 13.0 Å². The zero-order valence-electron chi connectivity index (χ0n) is 9.13. The van der Waals surface area contributed by atoms with E-state index in [1.165, 1.54) is 6.07 Å². The number of halogens is 2. The van der Waals surface area contributed by atoms with Crippen molar-refractivity contribution < 1.29 is 4.39 Å². The van der Waals surface area contributed by atoms with Crippen LogP contribution in [0.3, 0.4) is 0 Å². The molecule has 1 unspecified atom stereocenters. The molecule has 0 saturated heterocycles. The maximum atomic E-state index is 13.2. The summed E-state index contributed by atoms with van der Waals surface area (Å²) in [5, 5.41) is 11.8. The van der Waals surface area contributed by atoms with E-state index in [1.54, 1.807) is 6.07 Å². The number of nitriles is 1. The topological polar surface area (TPSA) is 35.8 Å². The molecule has 0 fully saturated rings. The van der Waals surface area contributed by atoms with E-state index >= 15 is 0 Å². The van der Waals surface area contributed by atoms with Crippen LogP contribution in [0.15, 0.2) is 22.7 Å². The van der Waals surface area contributed by atoms with Crippen LogP contribution in [0.1, 0.15) is 25.3 Å². The Balaban J connectivity index is 2.54. The highest BCUT2D eigenvalue weighted by atomic mass is 79.9. The molecular weight excluding hydrogens is 271 g/mol. The lowest BCUT2D eigenvalue weighted by Crippen LogP contribution is -2.27. The van der Waals surface area contributed by atoms with Crippen LogP contribution in [0, 0.1) is 17.1 Å². The minimum atomic E-state index is -0.257. The minimum absolute atomic E-state index is 0.178. The van der Waals surface area contributed by atoms with Crippen LogP contribution in [0.2, 0.25) is 0 Å². The number of benzene rings is 1. The summed E-state index contributed by atoms with van der Waals surface area (Å²) >= 11 is 3.11. The van der Waals surface area contributed by atoms with Gasteiger partial charge in [-0.1, -0.05) is 13.0 Å². The molecule has 0 radical (unpaired) electrons. The number of rotatable bonds is 5. The van der Waals surface area contributed by atoms with Crippen LogP contribution in [0.25, 0.3) is 0 Å². The Hall–Kier alpha value is -0.920. The second-order valence-corrected chi connectivity index (χ2v) is 4.45. The van der Waals surface area contributed by atoms with Gasteiger partial charge in [0, 0.05) is 12.6 Å². The van der Waals surface area contributed by atoms with Gasteiger partial charge in [-0.3, -0.25) is 0 Å². The molecule has 1 aromatic carbocycles. The highest BCUT2D eigenvalue weighted by Crippen LogP contribution is 2.16. The maximum absolute atomic E-state index is 13.2. The fourth-order valence-electron chi connectivity index (χ4n) is 1.38. The van der Waals surface area contributed by atoms with Gasteiger partial charge in [0.2, 0.25) is 0 Å². The molecule has 0 aromatic heterocycles. The van der Waals surface area contributed by atoms with Crippen LogP contribution in [0.5, 0.6) is 0 Å². The van der Waals surface area contributed by atoms with Crippen molar-refractivity contribution in [2.45, 2.75) is 32.4 Å². The third-order valence-corrected chi connectivity index (χ3v) is 3.05. The normalized spacial score (nSPS) is 12.1. The minimum Gasteiger partial charge on any atom is -0.309 e. The van der Waals surface area contributed by atoms with Gasteiger partial charge >= 0.3 is 0 Å². The summed E-state index contributed by atoms with van der Waals surface area (Å²) in [5.74, 6) is -0.257. The second kappa shape index (κ2) is 6.62.